The number of ether oxygens (including phenoxy) is 3. The molecule has 1 aliphatic heterocycles. The van der Waals surface area contributed by atoms with Crippen LogP contribution >= 0.6 is 0 Å². The van der Waals surface area contributed by atoms with Gasteiger partial charge in [-0.25, -0.2) is 14.6 Å². The summed E-state index contributed by atoms with van der Waals surface area (Å²) in [6.45, 7) is 1.63. The monoisotopic (exact) mass is 341 g/mol. The zero-order valence-corrected chi connectivity index (χ0v) is 13.9. The first-order valence-corrected chi connectivity index (χ1v) is 7.37. The summed E-state index contributed by atoms with van der Waals surface area (Å²) in [4.78, 5) is 27.8. The average molecular weight is 341 g/mol. The van der Waals surface area contributed by atoms with Crippen molar-refractivity contribution in [2.75, 3.05) is 14.2 Å². The molecule has 0 radical (unpaired) electrons. The number of carbonyl (C=O) groups excluding carboxylic acids is 2. The number of aryl methyl sites for hydroxylation is 1. The third-order valence-electron chi connectivity index (χ3n) is 3.56. The zero-order valence-electron chi connectivity index (χ0n) is 13.9. The second-order valence-electron chi connectivity index (χ2n) is 5.18. The van der Waals surface area contributed by atoms with Crippen LogP contribution in [0, 0.1) is 6.92 Å². The van der Waals surface area contributed by atoms with Crippen molar-refractivity contribution >= 4 is 23.9 Å². The number of hydrogen-bond donors (Lipinski definition) is 0. The number of hydrogen-bond acceptors (Lipinski definition) is 7. The number of aliphatic imine (C=N–C) groups is 1. The molecule has 0 amide bonds. The van der Waals surface area contributed by atoms with Crippen LogP contribution in [0.4, 0.5) is 0 Å². The van der Waals surface area contributed by atoms with E-state index in [-0.39, 0.29) is 17.2 Å². The molecular weight excluding hydrogens is 326 g/mol. The van der Waals surface area contributed by atoms with Crippen molar-refractivity contribution in [1.29, 1.82) is 0 Å². The predicted molar refractivity (Wildman–Crippen MR) is 88.4 cm³/mol. The highest BCUT2D eigenvalue weighted by atomic mass is 16.6. The highest BCUT2D eigenvalue weighted by molar-refractivity contribution is 6.12. The number of nitrogens with zero attached hydrogens (tertiary/aromatic N) is 1. The smallest absolute Gasteiger partial charge is 0.363 e. The van der Waals surface area contributed by atoms with Crippen LogP contribution in [0.25, 0.3) is 6.08 Å². The van der Waals surface area contributed by atoms with E-state index in [1.54, 1.807) is 38.3 Å². The molecule has 0 atom stereocenters. The van der Waals surface area contributed by atoms with Crippen molar-refractivity contribution in [2.24, 2.45) is 4.99 Å². The number of carbonyl (C=O) groups is 2. The van der Waals surface area contributed by atoms with Gasteiger partial charge in [-0.3, -0.25) is 0 Å². The molecule has 1 aromatic carbocycles. The number of rotatable bonds is 4. The van der Waals surface area contributed by atoms with E-state index in [1.807, 2.05) is 0 Å². The predicted octanol–water partition coefficient (Wildman–Crippen LogP) is 2.73. The van der Waals surface area contributed by atoms with Crippen molar-refractivity contribution in [3.63, 3.8) is 0 Å². The van der Waals surface area contributed by atoms with Crippen LogP contribution in [0.15, 0.2) is 45.4 Å². The normalized spacial score (nSPS) is 15.1. The lowest BCUT2D eigenvalue weighted by Gasteiger charge is -2.02. The molecule has 7 nitrogen and oxygen atoms in total. The summed E-state index contributed by atoms with van der Waals surface area (Å²) in [6.07, 6.45) is 1.41. The molecule has 1 aliphatic rings. The van der Waals surface area contributed by atoms with E-state index >= 15 is 0 Å². The van der Waals surface area contributed by atoms with Gasteiger partial charge in [-0.1, -0.05) is 6.07 Å². The molecular formula is C18H15NO6. The third kappa shape index (κ3) is 3.30. The van der Waals surface area contributed by atoms with Gasteiger partial charge in [-0.2, -0.15) is 0 Å². The van der Waals surface area contributed by atoms with Crippen LogP contribution in [0.5, 0.6) is 5.75 Å². The van der Waals surface area contributed by atoms with Gasteiger partial charge in [0, 0.05) is 11.6 Å². The average Bonchev–Trinajstić information content (AvgIpc) is 3.17. The van der Waals surface area contributed by atoms with Crippen LogP contribution < -0.4 is 4.74 Å². The van der Waals surface area contributed by atoms with Crippen LogP contribution in [-0.4, -0.2) is 32.1 Å². The second kappa shape index (κ2) is 6.64. The van der Waals surface area contributed by atoms with Gasteiger partial charge in [-0.15, -0.1) is 0 Å². The number of methoxy groups -OCH3 is 2. The van der Waals surface area contributed by atoms with Crippen molar-refractivity contribution < 1.29 is 28.2 Å². The van der Waals surface area contributed by atoms with Gasteiger partial charge in [0.1, 0.15) is 22.8 Å². The topological polar surface area (TPSA) is 87.3 Å². The Hall–Kier alpha value is -3.35. The van der Waals surface area contributed by atoms with Crippen LogP contribution in [0.2, 0.25) is 0 Å². The van der Waals surface area contributed by atoms with Crippen molar-refractivity contribution in [3.05, 3.63) is 58.7 Å². The zero-order chi connectivity index (χ0) is 18.0. The summed E-state index contributed by atoms with van der Waals surface area (Å²) >= 11 is 0. The first-order chi connectivity index (χ1) is 12.0. The summed E-state index contributed by atoms with van der Waals surface area (Å²) in [5.74, 6) is 0.374. The SMILES string of the molecule is COC(=O)c1cc(/C=C2/N=C(c3cccc(OC)c3)OC2=O)oc1C. The van der Waals surface area contributed by atoms with Gasteiger partial charge in [0.25, 0.3) is 0 Å². The molecule has 0 unspecified atom stereocenters. The first-order valence-electron chi connectivity index (χ1n) is 7.37. The second-order valence-corrected chi connectivity index (χ2v) is 5.18. The Balaban J connectivity index is 1.92. The molecule has 0 saturated heterocycles. The van der Waals surface area contributed by atoms with Gasteiger partial charge in [0.2, 0.25) is 5.90 Å². The molecule has 0 bridgehead atoms. The first kappa shape index (κ1) is 16.5. The molecule has 1 aromatic heterocycles. The van der Waals surface area contributed by atoms with Gasteiger partial charge in [0.05, 0.1) is 14.2 Å². The summed E-state index contributed by atoms with van der Waals surface area (Å²) in [5.41, 5.74) is 0.975. The molecule has 3 rings (SSSR count). The van der Waals surface area contributed by atoms with Crippen LogP contribution in [-0.2, 0) is 14.3 Å². The van der Waals surface area contributed by atoms with E-state index in [9.17, 15) is 9.59 Å². The Labute approximate surface area is 143 Å². The summed E-state index contributed by atoms with van der Waals surface area (Å²) in [5, 5.41) is 0. The lowest BCUT2D eigenvalue weighted by Crippen LogP contribution is -2.05. The maximum absolute atomic E-state index is 12.0. The number of benzene rings is 1. The van der Waals surface area contributed by atoms with Gasteiger partial charge in [-0.05, 0) is 31.2 Å². The fourth-order valence-corrected chi connectivity index (χ4v) is 2.31. The lowest BCUT2D eigenvalue weighted by molar-refractivity contribution is -0.129. The Kier molecular flexibility index (Phi) is 4.38. The summed E-state index contributed by atoms with van der Waals surface area (Å²) in [6, 6.07) is 8.49. The Bertz CT molecular complexity index is 906. The Morgan fingerprint density at radius 2 is 2.04 bits per heavy atom. The van der Waals surface area contributed by atoms with E-state index in [1.165, 1.54) is 19.3 Å². The molecule has 0 spiro atoms. The molecule has 25 heavy (non-hydrogen) atoms. The van der Waals surface area contributed by atoms with E-state index < -0.39 is 11.9 Å². The molecule has 7 heteroatoms. The number of cyclic esters (lactones) is 1. The van der Waals surface area contributed by atoms with E-state index in [4.69, 9.17) is 13.9 Å². The van der Waals surface area contributed by atoms with Crippen molar-refractivity contribution in [3.8, 4) is 5.75 Å². The molecule has 0 saturated carbocycles. The number of furan rings is 1. The molecule has 2 aromatic rings. The lowest BCUT2D eigenvalue weighted by atomic mass is 10.2. The minimum atomic E-state index is -0.605. The van der Waals surface area contributed by atoms with Crippen LogP contribution in [0.3, 0.4) is 0 Å². The number of esters is 2. The van der Waals surface area contributed by atoms with Crippen molar-refractivity contribution in [2.45, 2.75) is 6.92 Å². The highest BCUT2D eigenvalue weighted by Gasteiger charge is 2.25. The summed E-state index contributed by atoms with van der Waals surface area (Å²) < 4.78 is 20.5. The van der Waals surface area contributed by atoms with E-state index in [0.717, 1.165) is 0 Å². The van der Waals surface area contributed by atoms with Crippen LogP contribution in [0.1, 0.15) is 27.4 Å². The largest absolute Gasteiger partial charge is 0.497 e. The summed E-state index contributed by atoms with van der Waals surface area (Å²) in [7, 11) is 2.83. The maximum Gasteiger partial charge on any atom is 0.363 e. The molecule has 2 heterocycles. The molecule has 0 fully saturated rings. The maximum atomic E-state index is 12.0. The fraction of sp³-hybridized carbons (Fsp3) is 0.167. The Morgan fingerprint density at radius 3 is 2.76 bits per heavy atom. The molecule has 0 aliphatic carbocycles. The molecule has 0 N–H and O–H groups in total. The molecule has 128 valence electrons. The van der Waals surface area contributed by atoms with Gasteiger partial charge in [0.15, 0.2) is 5.70 Å². The van der Waals surface area contributed by atoms with E-state index in [0.29, 0.717) is 22.8 Å². The van der Waals surface area contributed by atoms with Gasteiger partial charge >= 0.3 is 11.9 Å². The minimum absolute atomic E-state index is 0.0722. The highest BCUT2D eigenvalue weighted by Crippen LogP contribution is 2.23. The third-order valence-corrected chi connectivity index (χ3v) is 3.56. The van der Waals surface area contributed by atoms with Gasteiger partial charge < -0.3 is 18.6 Å². The Morgan fingerprint density at radius 1 is 1.24 bits per heavy atom. The minimum Gasteiger partial charge on any atom is -0.497 e. The quantitative estimate of drug-likeness (QED) is 0.628. The van der Waals surface area contributed by atoms with E-state index in [2.05, 4.69) is 9.73 Å². The fourth-order valence-electron chi connectivity index (χ4n) is 2.31. The standard InChI is InChI=1S/C18H15NO6/c1-10-14(17(20)23-3)8-13(24-10)9-15-18(21)25-16(19-15)11-5-4-6-12(7-11)22-2/h4-9H,1-3H3/b15-9+. The van der Waals surface area contributed by atoms with Crippen molar-refractivity contribution in [1.82, 2.24) is 0 Å².